The number of aryl methyl sites for hydroxylation is 1. The van der Waals surface area contributed by atoms with Crippen LogP contribution in [0.2, 0.25) is 0 Å². The molecule has 2 heterocycles. The fourth-order valence-corrected chi connectivity index (χ4v) is 4.64. The van der Waals surface area contributed by atoms with Crippen molar-refractivity contribution in [2.24, 2.45) is 0 Å². The summed E-state index contributed by atoms with van der Waals surface area (Å²) in [6.07, 6.45) is 0.886. The number of aliphatic hydroxyl groups excluding tert-OH is 1. The molecule has 2 fully saturated rings. The molecule has 192 valence electrons. The van der Waals surface area contributed by atoms with Crippen LogP contribution in [0.5, 0.6) is 11.5 Å². The van der Waals surface area contributed by atoms with E-state index < -0.39 is 17.7 Å². The van der Waals surface area contributed by atoms with Gasteiger partial charge in [-0.25, -0.2) is 0 Å². The number of nitrogens with zero attached hydrogens (tertiary/aromatic N) is 2. The van der Waals surface area contributed by atoms with Gasteiger partial charge in [-0.15, -0.1) is 0 Å². The molecule has 2 aliphatic rings. The second kappa shape index (κ2) is 11.6. The van der Waals surface area contributed by atoms with Crippen molar-refractivity contribution in [3.05, 3.63) is 64.7 Å². The van der Waals surface area contributed by atoms with Gasteiger partial charge in [-0.2, -0.15) is 0 Å². The molecule has 0 spiro atoms. The number of carbonyl (C=O) groups excluding carboxylic acids is 2. The number of hydrogen-bond donors (Lipinski definition) is 1. The van der Waals surface area contributed by atoms with E-state index in [1.165, 1.54) is 0 Å². The molecule has 8 nitrogen and oxygen atoms in total. The number of carbonyl (C=O) groups is 2. The van der Waals surface area contributed by atoms with Crippen molar-refractivity contribution in [3.63, 3.8) is 0 Å². The smallest absolute Gasteiger partial charge is 0.295 e. The highest BCUT2D eigenvalue weighted by Gasteiger charge is 2.46. The summed E-state index contributed by atoms with van der Waals surface area (Å²) >= 11 is 0. The largest absolute Gasteiger partial charge is 0.507 e. The molecule has 2 saturated heterocycles. The van der Waals surface area contributed by atoms with Crippen LogP contribution in [0.15, 0.2) is 48.0 Å². The highest BCUT2D eigenvalue weighted by atomic mass is 16.5. The molecule has 2 aromatic carbocycles. The maximum Gasteiger partial charge on any atom is 0.295 e. The number of ether oxygens (including phenoxy) is 3. The Morgan fingerprint density at radius 1 is 1.08 bits per heavy atom. The van der Waals surface area contributed by atoms with E-state index in [9.17, 15) is 14.7 Å². The minimum atomic E-state index is -0.701. The minimum Gasteiger partial charge on any atom is -0.507 e. The van der Waals surface area contributed by atoms with Gasteiger partial charge in [0.25, 0.3) is 11.7 Å². The number of aliphatic hydroxyl groups is 1. The van der Waals surface area contributed by atoms with E-state index in [1.54, 1.807) is 42.3 Å². The number of Topliss-reactive ketones (excluding diaryl/α,β-unsaturated/α-hetero) is 1. The van der Waals surface area contributed by atoms with Crippen molar-refractivity contribution in [2.45, 2.75) is 26.3 Å². The topological polar surface area (TPSA) is 88.5 Å². The molecule has 0 radical (unpaired) electrons. The molecule has 2 aromatic rings. The van der Waals surface area contributed by atoms with Gasteiger partial charge in [-0.05, 0) is 54.8 Å². The first-order valence-corrected chi connectivity index (χ1v) is 12.4. The molecule has 0 saturated carbocycles. The predicted octanol–water partition coefficient (Wildman–Crippen LogP) is 3.55. The maximum absolute atomic E-state index is 13.3. The van der Waals surface area contributed by atoms with Gasteiger partial charge in [-0.3, -0.25) is 14.5 Å². The van der Waals surface area contributed by atoms with Crippen molar-refractivity contribution < 1.29 is 28.9 Å². The van der Waals surface area contributed by atoms with Crippen molar-refractivity contribution in [1.82, 2.24) is 9.80 Å². The van der Waals surface area contributed by atoms with E-state index >= 15 is 0 Å². The zero-order valence-corrected chi connectivity index (χ0v) is 21.2. The third-order valence-electron chi connectivity index (χ3n) is 6.64. The molecule has 0 aliphatic carbocycles. The zero-order valence-electron chi connectivity index (χ0n) is 21.2. The van der Waals surface area contributed by atoms with Crippen molar-refractivity contribution in [3.8, 4) is 11.5 Å². The standard InChI is InChI=1S/C28H34N2O6/c1-4-15-36-23-10-7-21(18-19(23)2)26(31)24-25(20-5-8-22(34-3)9-6-20)30(28(33)27(24)32)12-11-29-13-16-35-17-14-29/h5-10,18,25,31H,4,11-17H2,1-3H3. The summed E-state index contributed by atoms with van der Waals surface area (Å²) in [5, 5.41) is 11.4. The highest BCUT2D eigenvalue weighted by molar-refractivity contribution is 6.46. The molecule has 4 rings (SSSR count). The fraction of sp³-hybridized carbons (Fsp3) is 0.429. The molecule has 1 atom stereocenters. The lowest BCUT2D eigenvalue weighted by molar-refractivity contribution is -0.140. The van der Waals surface area contributed by atoms with Gasteiger partial charge in [0.1, 0.15) is 17.3 Å². The van der Waals surface area contributed by atoms with Crippen LogP contribution in [-0.4, -0.2) is 79.7 Å². The van der Waals surface area contributed by atoms with Crippen LogP contribution < -0.4 is 9.47 Å². The van der Waals surface area contributed by atoms with E-state index in [-0.39, 0.29) is 11.3 Å². The van der Waals surface area contributed by atoms with Gasteiger partial charge >= 0.3 is 0 Å². The molecule has 0 aromatic heterocycles. The fourth-order valence-electron chi connectivity index (χ4n) is 4.64. The second-order valence-electron chi connectivity index (χ2n) is 9.05. The molecular weight excluding hydrogens is 460 g/mol. The van der Waals surface area contributed by atoms with E-state index in [0.29, 0.717) is 44.2 Å². The zero-order chi connectivity index (χ0) is 25.7. The van der Waals surface area contributed by atoms with Crippen molar-refractivity contribution in [2.75, 3.05) is 53.1 Å². The summed E-state index contributed by atoms with van der Waals surface area (Å²) in [7, 11) is 1.58. The van der Waals surface area contributed by atoms with Gasteiger partial charge in [0, 0.05) is 31.7 Å². The monoisotopic (exact) mass is 494 g/mol. The third kappa shape index (κ3) is 5.39. The first-order chi connectivity index (χ1) is 17.4. The molecule has 2 aliphatic heterocycles. The number of benzene rings is 2. The minimum absolute atomic E-state index is 0.0915. The molecule has 1 N–H and O–H groups in total. The summed E-state index contributed by atoms with van der Waals surface area (Å²) in [6, 6.07) is 11.8. The Kier molecular flexibility index (Phi) is 8.28. The summed E-state index contributed by atoms with van der Waals surface area (Å²) in [5.74, 6) is -0.0777. The average Bonchev–Trinajstić information content (AvgIpc) is 3.16. The summed E-state index contributed by atoms with van der Waals surface area (Å²) < 4.78 is 16.5. The lowest BCUT2D eigenvalue weighted by atomic mass is 9.94. The highest BCUT2D eigenvalue weighted by Crippen LogP contribution is 2.40. The number of ketones is 1. The Bertz CT molecular complexity index is 1120. The number of morpholine rings is 1. The number of amides is 1. The quantitative estimate of drug-likeness (QED) is 0.324. The summed E-state index contributed by atoms with van der Waals surface area (Å²) in [6.45, 7) is 8.36. The van der Waals surface area contributed by atoms with Crippen LogP contribution in [0, 0.1) is 6.92 Å². The van der Waals surface area contributed by atoms with Gasteiger partial charge in [0.05, 0.1) is 38.5 Å². The van der Waals surface area contributed by atoms with Crippen LogP contribution in [0.1, 0.15) is 36.1 Å². The first-order valence-electron chi connectivity index (χ1n) is 12.4. The Labute approximate surface area is 212 Å². The summed E-state index contributed by atoms with van der Waals surface area (Å²) in [4.78, 5) is 30.3. The predicted molar refractivity (Wildman–Crippen MR) is 136 cm³/mol. The SMILES string of the molecule is CCCOc1ccc(C(O)=C2C(=O)C(=O)N(CCN3CCOCC3)C2c2ccc(OC)cc2)cc1C. The van der Waals surface area contributed by atoms with Gasteiger partial charge in [0.2, 0.25) is 0 Å². The van der Waals surface area contributed by atoms with Crippen LogP contribution in [0.4, 0.5) is 0 Å². The third-order valence-corrected chi connectivity index (χ3v) is 6.64. The lowest BCUT2D eigenvalue weighted by Gasteiger charge is -2.31. The first kappa shape index (κ1) is 25.7. The molecular formula is C28H34N2O6. The summed E-state index contributed by atoms with van der Waals surface area (Å²) in [5.41, 5.74) is 2.14. The van der Waals surface area contributed by atoms with E-state index in [4.69, 9.17) is 14.2 Å². The van der Waals surface area contributed by atoms with Crippen LogP contribution >= 0.6 is 0 Å². The lowest BCUT2D eigenvalue weighted by Crippen LogP contribution is -2.42. The average molecular weight is 495 g/mol. The van der Waals surface area contributed by atoms with Crippen LogP contribution in [-0.2, 0) is 14.3 Å². The molecule has 8 heteroatoms. The van der Waals surface area contributed by atoms with Gasteiger partial charge in [-0.1, -0.05) is 19.1 Å². The molecule has 1 amide bonds. The normalized spacial score (nSPS) is 20.1. The van der Waals surface area contributed by atoms with Crippen LogP contribution in [0.3, 0.4) is 0 Å². The molecule has 0 bridgehead atoms. The second-order valence-corrected chi connectivity index (χ2v) is 9.05. The van der Waals surface area contributed by atoms with Gasteiger partial charge < -0.3 is 24.2 Å². The maximum atomic E-state index is 13.3. The Morgan fingerprint density at radius 3 is 2.44 bits per heavy atom. The Hall–Kier alpha value is -3.36. The molecule has 36 heavy (non-hydrogen) atoms. The van der Waals surface area contributed by atoms with Gasteiger partial charge in [0.15, 0.2) is 0 Å². The number of hydrogen-bond acceptors (Lipinski definition) is 7. The molecule has 1 unspecified atom stereocenters. The van der Waals surface area contributed by atoms with Crippen molar-refractivity contribution in [1.29, 1.82) is 0 Å². The Balaban J connectivity index is 1.71. The van der Waals surface area contributed by atoms with Crippen LogP contribution in [0.25, 0.3) is 5.76 Å². The van der Waals surface area contributed by atoms with E-state index in [1.807, 2.05) is 26.0 Å². The van der Waals surface area contributed by atoms with E-state index in [0.717, 1.165) is 36.4 Å². The number of rotatable bonds is 9. The number of likely N-dealkylation sites (tertiary alicyclic amines) is 1. The van der Waals surface area contributed by atoms with E-state index in [2.05, 4.69) is 4.90 Å². The van der Waals surface area contributed by atoms with Crippen molar-refractivity contribution >= 4 is 17.4 Å². The Morgan fingerprint density at radius 2 is 1.81 bits per heavy atom. The number of methoxy groups -OCH3 is 1.